The SMILES string of the molecule is Cc1ccc(Nc2nccc(NCc3ccccc3C)n2)cc1. The van der Waals surface area contributed by atoms with Gasteiger partial charge in [-0.25, -0.2) is 4.98 Å². The molecule has 0 aliphatic heterocycles. The lowest BCUT2D eigenvalue weighted by Crippen LogP contribution is -2.05. The van der Waals surface area contributed by atoms with E-state index in [1.165, 1.54) is 16.7 Å². The van der Waals surface area contributed by atoms with E-state index in [1.807, 2.05) is 30.3 Å². The maximum atomic E-state index is 4.50. The Hall–Kier alpha value is -2.88. The standard InChI is InChI=1S/C19H20N4/c1-14-7-9-17(10-8-14)22-19-20-12-11-18(23-19)21-13-16-6-4-3-5-15(16)2/h3-12H,13H2,1-2H3,(H2,20,21,22,23). The lowest BCUT2D eigenvalue weighted by Gasteiger charge is -2.10. The van der Waals surface area contributed by atoms with Crippen molar-refractivity contribution in [3.05, 3.63) is 77.5 Å². The Morgan fingerprint density at radius 1 is 0.913 bits per heavy atom. The van der Waals surface area contributed by atoms with Crippen LogP contribution in [-0.4, -0.2) is 9.97 Å². The van der Waals surface area contributed by atoms with Crippen LogP contribution in [0.1, 0.15) is 16.7 Å². The molecule has 23 heavy (non-hydrogen) atoms. The highest BCUT2D eigenvalue weighted by atomic mass is 15.1. The third kappa shape index (κ3) is 4.07. The van der Waals surface area contributed by atoms with Crippen LogP contribution >= 0.6 is 0 Å². The minimum Gasteiger partial charge on any atom is -0.366 e. The quantitative estimate of drug-likeness (QED) is 0.731. The molecular formula is C19H20N4. The smallest absolute Gasteiger partial charge is 0.229 e. The lowest BCUT2D eigenvalue weighted by atomic mass is 10.1. The van der Waals surface area contributed by atoms with Crippen molar-refractivity contribution in [3.8, 4) is 0 Å². The normalized spacial score (nSPS) is 10.3. The van der Waals surface area contributed by atoms with Gasteiger partial charge in [0.05, 0.1) is 0 Å². The molecule has 0 aliphatic carbocycles. The Labute approximate surface area is 136 Å². The van der Waals surface area contributed by atoms with E-state index in [4.69, 9.17) is 0 Å². The lowest BCUT2D eigenvalue weighted by molar-refractivity contribution is 1.07. The van der Waals surface area contributed by atoms with E-state index in [9.17, 15) is 0 Å². The van der Waals surface area contributed by atoms with Gasteiger partial charge in [-0.15, -0.1) is 0 Å². The molecule has 3 aromatic rings. The molecule has 1 heterocycles. The summed E-state index contributed by atoms with van der Waals surface area (Å²) in [5, 5.41) is 6.56. The Morgan fingerprint density at radius 3 is 2.48 bits per heavy atom. The predicted octanol–water partition coefficient (Wildman–Crippen LogP) is 4.45. The van der Waals surface area contributed by atoms with Gasteiger partial charge in [-0.05, 0) is 43.2 Å². The number of nitrogens with zero attached hydrogens (tertiary/aromatic N) is 2. The van der Waals surface area contributed by atoms with Crippen molar-refractivity contribution in [2.45, 2.75) is 20.4 Å². The number of aromatic nitrogens is 2. The molecule has 0 saturated carbocycles. The Kier molecular flexibility index (Phi) is 4.52. The van der Waals surface area contributed by atoms with Crippen molar-refractivity contribution in [2.75, 3.05) is 10.6 Å². The topological polar surface area (TPSA) is 49.8 Å². The fourth-order valence-corrected chi connectivity index (χ4v) is 2.28. The average Bonchev–Trinajstić information content (AvgIpc) is 2.57. The van der Waals surface area contributed by atoms with Crippen LogP contribution in [0.15, 0.2) is 60.8 Å². The molecule has 3 rings (SSSR count). The molecule has 2 N–H and O–H groups in total. The second kappa shape index (κ2) is 6.92. The van der Waals surface area contributed by atoms with E-state index >= 15 is 0 Å². The average molecular weight is 304 g/mol. The van der Waals surface area contributed by atoms with Crippen LogP contribution in [0.25, 0.3) is 0 Å². The summed E-state index contributed by atoms with van der Waals surface area (Å²) in [5.41, 5.74) is 4.74. The molecule has 0 saturated heterocycles. The Bertz CT molecular complexity index is 781. The van der Waals surface area contributed by atoms with Crippen LogP contribution in [0.2, 0.25) is 0 Å². The highest BCUT2D eigenvalue weighted by Crippen LogP contribution is 2.15. The van der Waals surface area contributed by atoms with E-state index < -0.39 is 0 Å². The minimum absolute atomic E-state index is 0.587. The van der Waals surface area contributed by atoms with Gasteiger partial charge < -0.3 is 10.6 Å². The van der Waals surface area contributed by atoms with Crippen molar-refractivity contribution in [1.29, 1.82) is 0 Å². The van der Waals surface area contributed by atoms with E-state index in [-0.39, 0.29) is 0 Å². The molecule has 0 fully saturated rings. The minimum atomic E-state index is 0.587. The summed E-state index contributed by atoms with van der Waals surface area (Å²) in [5.74, 6) is 1.39. The van der Waals surface area contributed by atoms with Crippen LogP contribution in [0, 0.1) is 13.8 Å². The molecule has 0 bridgehead atoms. The van der Waals surface area contributed by atoms with Crippen LogP contribution in [0.4, 0.5) is 17.5 Å². The van der Waals surface area contributed by atoms with Gasteiger partial charge in [0.2, 0.25) is 5.95 Å². The van der Waals surface area contributed by atoms with Crippen LogP contribution < -0.4 is 10.6 Å². The van der Waals surface area contributed by atoms with Crippen molar-refractivity contribution in [2.24, 2.45) is 0 Å². The first kappa shape index (κ1) is 15.0. The highest BCUT2D eigenvalue weighted by molar-refractivity contribution is 5.55. The summed E-state index contributed by atoms with van der Waals surface area (Å²) in [6, 6.07) is 18.4. The van der Waals surface area contributed by atoms with Gasteiger partial charge in [0.1, 0.15) is 5.82 Å². The summed E-state index contributed by atoms with van der Waals surface area (Å²) in [6.07, 6.45) is 1.75. The molecule has 116 valence electrons. The molecule has 0 unspecified atom stereocenters. The maximum absolute atomic E-state index is 4.50. The number of rotatable bonds is 5. The van der Waals surface area contributed by atoms with Crippen LogP contribution in [0.5, 0.6) is 0 Å². The number of anilines is 3. The molecule has 0 amide bonds. The van der Waals surface area contributed by atoms with E-state index in [0.29, 0.717) is 5.95 Å². The van der Waals surface area contributed by atoms with E-state index in [2.05, 4.69) is 58.7 Å². The predicted molar refractivity (Wildman–Crippen MR) is 95.0 cm³/mol. The molecule has 2 aromatic carbocycles. The zero-order valence-corrected chi connectivity index (χ0v) is 13.4. The number of hydrogen-bond donors (Lipinski definition) is 2. The number of hydrogen-bond acceptors (Lipinski definition) is 4. The third-order valence-corrected chi connectivity index (χ3v) is 3.68. The van der Waals surface area contributed by atoms with Gasteiger partial charge in [0, 0.05) is 18.4 Å². The second-order valence-electron chi connectivity index (χ2n) is 5.54. The van der Waals surface area contributed by atoms with Gasteiger partial charge in [0.25, 0.3) is 0 Å². The molecule has 4 heteroatoms. The summed E-state index contributed by atoms with van der Waals surface area (Å²) in [4.78, 5) is 8.77. The van der Waals surface area contributed by atoms with Crippen LogP contribution in [-0.2, 0) is 6.54 Å². The second-order valence-corrected chi connectivity index (χ2v) is 5.54. The first-order chi connectivity index (χ1) is 11.2. The number of benzene rings is 2. The summed E-state index contributed by atoms with van der Waals surface area (Å²) in [7, 11) is 0. The van der Waals surface area contributed by atoms with Crippen LogP contribution in [0.3, 0.4) is 0 Å². The van der Waals surface area contributed by atoms with E-state index in [1.54, 1.807) is 6.20 Å². The fourth-order valence-electron chi connectivity index (χ4n) is 2.28. The molecule has 0 spiro atoms. The van der Waals surface area contributed by atoms with Crippen molar-refractivity contribution < 1.29 is 0 Å². The highest BCUT2D eigenvalue weighted by Gasteiger charge is 2.01. The number of nitrogens with one attached hydrogen (secondary N) is 2. The molecule has 0 radical (unpaired) electrons. The largest absolute Gasteiger partial charge is 0.366 e. The maximum Gasteiger partial charge on any atom is 0.229 e. The molecule has 4 nitrogen and oxygen atoms in total. The molecular weight excluding hydrogens is 284 g/mol. The Balaban J connectivity index is 1.67. The summed E-state index contributed by atoms with van der Waals surface area (Å²) in [6.45, 7) is 4.92. The van der Waals surface area contributed by atoms with Gasteiger partial charge >= 0.3 is 0 Å². The number of aryl methyl sites for hydroxylation is 2. The molecule has 0 aliphatic rings. The zero-order chi connectivity index (χ0) is 16.1. The van der Waals surface area contributed by atoms with Gasteiger partial charge in [-0.2, -0.15) is 4.98 Å². The third-order valence-electron chi connectivity index (χ3n) is 3.68. The van der Waals surface area contributed by atoms with Gasteiger partial charge in [-0.3, -0.25) is 0 Å². The Morgan fingerprint density at radius 2 is 1.70 bits per heavy atom. The fraction of sp³-hybridized carbons (Fsp3) is 0.158. The molecule has 1 aromatic heterocycles. The first-order valence-electron chi connectivity index (χ1n) is 7.66. The van der Waals surface area contributed by atoms with Gasteiger partial charge in [-0.1, -0.05) is 42.0 Å². The monoisotopic (exact) mass is 304 g/mol. The van der Waals surface area contributed by atoms with Crippen molar-refractivity contribution in [3.63, 3.8) is 0 Å². The zero-order valence-electron chi connectivity index (χ0n) is 13.4. The molecule has 0 atom stereocenters. The van der Waals surface area contributed by atoms with Crippen molar-refractivity contribution >= 4 is 17.5 Å². The summed E-state index contributed by atoms with van der Waals surface area (Å²) < 4.78 is 0. The van der Waals surface area contributed by atoms with Gasteiger partial charge in [0.15, 0.2) is 0 Å². The summed E-state index contributed by atoms with van der Waals surface area (Å²) >= 11 is 0. The first-order valence-corrected chi connectivity index (χ1v) is 7.66. The van der Waals surface area contributed by atoms with E-state index in [0.717, 1.165) is 18.1 Å². The van der Waals surface area contributed by atoms with Crippen molar-refractivity contribution in [1.82, 2.24) is 9.97 Å².